The summed E-state index contributed by atoms with van der Waals surface area (Å²) in [7, 11) is -3.43. The molecule has 0 bridgehead atoms. The Balaban J connectivity index is 3.05. The van der Waals surface area contributed by atoms with Gasteiger partial charge in [-0.1, -0.05) is 39.0 Å². The summed E-state index contributed by atoms with van der Waals surface area (Å²) >= 11 is 0. The molecule has 1 rings (SSSR count). The lowest BCUT2D eigenvalue weighted by molar-refractivity contribution is 0.266. The quantitative estimate of drug-likeness (QED) is 0.833. The van der Waals surface area contributed by atoms with Crippen molar-refractivity contribution < 1.29 is 8.42 Å². The average Bonchev–Trinajstić information content (AvgIpc) is 2.39. The van der Waals surface area contributed by atoms with Crippen molar-refractivity contribution in [2.24, 2.45) is 11.1 Å². The highest BCUT2D eigenvalue weighted by atomic mass is 32.2. The van der Waals surface area contributed by atoms with Gasteiger partial charge in [0.2, 0.25) is 10.0 Å². The second-order valence-electron chi connectivity index (χ2n) is 5.52. The van der Waals surface area contributed by atoms with Crippen LogP contribution in [0.2, 0.25) is 0 Å². The number of hydrogen-bond donors (Lipinski definition) is 1. The first-order chi connectivity index (χ1) is 8.83. The van der Waals surface area contributed by atoms with Crippen LogP contribution in [0.15, 0.2) is 35.2 Å². The standard InChI is InChI=1S/C14H24N2O2S/c1-4-10-16(12-14(2,3)11-15)19(17,18)13-8-6-5-7-9-13/h5-9H,4,10-12,15H2,1-3H3. The first-order valence-corrected chi connectivity index (χ1v) is 8.03. The van der Waals surface area contributed by atoms with Crippen LogP contribution in [-0.4, -0.2) is 32.4 Å². The summed E-state index contributed by atoms with van der Waals surface area (Å²) in [5.74, 6) is 0. The van der Waals surface area contributed by atoms with Gasteiger partial charge in [-0.25, -0.2) is 8.42 Å². The van der Waals surface area contributed by atoms with E-state index < -0.39 is 10.0 Å². The maximum absolute atomic E-state index is 12.6. The van der Waals surface area contributed by atoms with Gasteiger partial charge >= 0.3 is 0 Å². The third kappa shape index (κ3) is 4.30. The van der Waals surface area contributed by atoms with Crippen molar-refractivity contribution >= 4 is 10.0 Å². The number of hydrogen-bond acceptors (Lipinski definition) is 3. The van der Waals surface area contributed by atoms with E-state index in [-0.39, 0.29) is 5.41 Å². The second kappa shape index (κ2) is 6.50. The Hall–Kier alpha value is -0.910. The minimum Gasteiger partial charge on any atom is -0.330 e. The van der Waals surface area contributed by atoms with Gasteiger partial charge in [0.1, 0.15) is 0 Å². The summed E-state index contributed by atoms with van der Waals surface area (Å²) in [6.45, 7) is 7.35. The van der Waals surface area contributed by atoms with Crippen LogP contribution in [0.3, 0.4) is 0 Å². The molecular formula is C14H24N2O2S. The van der Waals surface area contributed by atoms with Crippen LogP contribution in [-0.2, 0) is 10.0 Å². The number of sulfonamides is 1. The molecule has 0 fully saturated rings. The maximum atomic E-state index is 12.6. The van der Waals surface area contributed by atoms with E-state index in [1.807, 2.05) is 26.8 Å². The van der Waals surface area contributed by atoms with Crippen molar-refractivity contribution in [2.45, 2.75) is 32.1 Å². The fourth-order valence-corrected chi connectivity index (χ4v) is 3.56. The molecule has 5 heteroatoms. The van der Waals surface area contributed by atoms with Gasteiger partial charge in [0.25, 0.3) is 0 Å². The zero-order valence-corrected chi connectivity index (χ0v) is 12.8. The number of nitrogens with zero attached hydrogens (tertiary/aromatic N) is 1. The molecule has 0 radical (unpaired) electrons. The van der Waals surface area contributed by atoms with Crippen molar-refractivity contribution in [1.29, 1.82) is 0 Å². The van der Waals surface area contributed by atoms with E-state index in [4.69, 9.17) is 5.73 Å². The van der Waals surface area contributed by atoms with Crippen LogP contribution in [0, 0.1) is 5.41 Å². The molecule has 108 valence electrons. The zero-order chi connectivity index (χ0) is 14.5. The minimum atomic E-state index is -3.43. The third-order valence-corrected chi connectivity index (χ3v) is 4.87. The summed E-state index contributed by atoms with van der Waals surface area (Å²) in [5.41, 5.74) is 5.49. The van der Waals surface area contributed by atoms with E-state index in [9.17, 15) is 8.42 Å². The number of rotatable bonds is 7. The molecule has 0 aliphatic rings. The van der Waals surface area contributed by atoms with Crippen molar-refractivity contribution in [2.75, 3.05) is 19.6 Å². The highest BCUT2D eigenvalue weighted by molar-refractivity contribution is 7.89. The number of nitrogens with two attached hydrogens (primary N) is 1. The molecule has 0 unspecified atom stereocenters. The van der Waals surface area contributed by atoms with Crippen LogP contribution in [0.4, 0.5) is 0 Å². The van der Waals surface area contributed by atoms with Gasteiger partial charge in [-0.3, -0.25) is 0 Å². The molecule has 0 amide bonds. The van der Waals surface area contributed by atoms with E-state index in [2.05, 4.69) is 0 Å². The Morgan fingerprint density at radius 1 is 1.21 bits per heavy atom. The van der Waals surface area contributed by atoms with Gasteiger partial charge < -0.3 is 5.73 Å². The molecule has 4 nitrogen and oxygen atoms in total. The summed E-state index contributed by atoms with van der Waals surface area (Å²) < 4.78 is 26.7. The molecule has 0 heterocycles. The van der Waals surface area contributed by atoms with Gasteiger partial charge in [-0.15, -0.1) is 0 Å². The maximum Gasteiger partial charge on any atom is 0.243 e. The molecule has 0 aromatic heterocycles. The Labute approximate surface area is 116 Å². The summed E-state index contributed by atoms with van der Waals surface area (Å²) in [6.07, 6.45) is 0.784. The normalized spacial score (nSPS) is 12.9. The first-order valence-electron chi connectivity index (χ1n) is 6.59. The SMILES string of the molecule is CCCN(CC(C)(C)CN)S(=O)(=O)c1ccccc1. The molecule has 1 aromatic rings. The van der Waals surface area contributed by atoms with Gasteiger partial charge in [0, 0.05) is 13.1 Å². The lowest BCUT2D eigenvalue weighted by atomic mass is 9.94. The molecule has 19 heavy (non-hydrogen) atoms. The predicted octanol–water partition coefficient (Wildman–Crippen LogP) is 2.07. The predicted molar refractivity (Wildman–Crippen MR) is 78.3 cm³/mol. The molecule has 0 atom stereocenters. The Morgan fingerprint density at radius 2 is 1.79 bits per heavy atom. The minimum absolute atomic E-state index is 0.225. The molecule has 0 spiro atoms. The second-order valence-corrected chi connectivity index (χ2v) is 7.46. The lowest BCUT2D eigenvalue weighted by Crippen LogP contribution is -2.42. The fraction of sp³-hybridized carbons (Fsp3) is 0.571. The number of benzene rings is 1. The molecule has 0 saturated heterocycles. The van der Waals surface area contributed by atoms with Gasteiger partial charge in [0.05, 0.1) is 4.90 Å². The molecule has 0 saturated carbocycles. The molecule has 0 aliphatic heterocycles. The van der Waals surface area contributed by atoms with Crippen LogP contribution in [0.5, 0.6) is 0 Å². The van der Waals surface area contributed by atoms with Gasteiger partial charge in [-0.2, -0.15) is 4.31 Å². The van der Waals surface area contributed by atoms with Gasteiger partial charge in [0.15, 0.2) is 0 Å². The van der Waals surface area contributed by atoms with Crippen molar-refractivity contribution in [1.82, 2.24) is 4.31 Å². The topological polar surface area (TPSA) is 63.4 Å². The van der Waals surface area contributed by atoms with E-state index in [0.717, 1.165) is 6.42 Å². The summed E-state index contributed by atoms with van der Waals surface area (Å²) in [4.78, 5) is 0.344. The van der Waals surface area contributed by atoms with Crippen LogP contribution in [0.1, 0.15) is 27.2 Å². The van der Waals surface area contributed by atoms with Crippen LogP contribution in [0.25, 0.3) is 0 Å². The van der Waals surface area contributed by atoms with E-state index in [0.29, 0.717) is 24.5 Å². The smallest absolute Gasteiger partial charge is 0.243 e. The molecule has 1 aromatic carbocycles. The Bertz CT molecular complexity index is 483. The van der Waals surface area contributed by atoms with E-state index >= 15 is 0 Å². The van der Waals surface area contributed by atoms with Gasteiger partial charge in [-0.05, 0) is 30.5 Å². The Kier molecular flexibility index (Phi) is 5.52. The molecule has 0 aliphatic carbocycles. The summed E-state index contributed by atoms with van der Waals surface area (Å²) in [6, 6.07) is 8.56. The highest BCUT2D eigenvalue weighted by Gasteiger charge is 2.29. The lowest BCUT2D eigenvalue weighted by Gasteiger charge is -2.31. The summed E-state index contributed by atoms with van der Waals surface area (Å²) in [5, 5.41) is 0. The van der Waals surface area contributed by atoms with E-state index in [1.165, 1.54) is 4.31 Å². The van der Waals surface area contributed by atoms with Crippen molar-refractivity contribution in [3.63, 3.8) is 0 Å². The zero-order valence-electron chi connectivity index (χ0n) is 12.0. The molecular weight excluding hydrogens is 260 g/mol. The monoisotopic (exact) mass is 284 g/mol. The first kappa shape index (κ1) is 16.1. The van der Waals surface area contributed by atoms with Crippen molar-refractivity contribution in [3.8, 4) is 0 Å². The average molecular weight is 284 g/mol. The van der Waals surface area contributed by atoms with Crippen molar-refractivity contribution in [3.05, 3.63) is 30.3 Å². The van der Waals surface area contributed by atoms with E-state index in [1.54, 1.807) is 24.3 Å². The van der Waals surface area contributed by atoms with Crippen LogP contribution >= 0.6 is 0 Å². The molecule has 2 N–H and O–H groups in total. The van der Waals surface area contributed by atoms with Crippen LogP contribution < -0.4 is 5.73 Å². The third-order valence-electron chi connectivity index (χ3n) is 3.01. The fourth-order valence-electron chi connectivity index (χ4n) is 1.82. The highest BCUT2D eigenvalue weighted by Crippen LogP contribution is 2.22. The Morgan fingerprint density at radius 3 is 2.26 bits per heavy atom. The largest absolute Gasteiger partial charge is 0.330 e.